The molecule has 0 bridgehead atoms. The molecule has 0 aromatic heterocycles. The van der Waals surface area contributed by atoms with Gasteiger partial charge in [-0.3, -0.25) is 4.79 Å². The molecule has 0 spiro atoms. The highest BCUT2D eigenvalue weighted by atomic mass is 16.5. The molecule has 0 radical (unpaired) electrons. The van der Waals surface area contributed by atoms with Gasteiger partial charge < -0.3 is 9.64 Å². The first-order valence-corrected chi connectivity index (χ1v) is 7.14. The van der Waals surface area contributed by atoms with Gasteiger partial charge in [0.1, 0.15) is 0 Å². The van der Waals surface area contributed by atoms with Crippen molar-refractivity contribution in [3.63, 3.8) is 0 Å². The number of nitrogens with zero attached hydrogens (tertiary/aromatic N) is 1. The van der Waals surface area contributed by atoms with Crippen molar-refractivity contribution < 1.29 is 9.53 Å². The highest BCUT2D eigenvalue weighted by Crippen LogP contribution is 2.16. The van der Waals surface area contributed by atoms with Gasteiger partial charge >= 0.3 is 0 Å². The third-order valence-corrected chi connectivity index (χ3v) is 3.55. The summed E-state index contributed by atoms with van der Waals surface area (Å²) in [6, 6.07) is 8.39. The first kappa shape index (κ1) is 14.1. The maximum absolute atomic E-state index is 11.7. The maximum Gasteiger partial charge on any atom is 0.222 e. The van der Waals surface area contributed by atoms with Gasteiger partial charge in [0.2, 0.25) is 5.91 Å². The number of likely N-dealkylation sites (tertiary alicyclic amines) is 1. The molecule has 0 unspecified atom stereocenters. The Morgan fingerprint density at radius 3 is 2.63 bits per heavy atom. The van der Waals surface area contributed by atoms with E-state index in [2.05, 4.69) is 38.1 Å². The van der Waals surface area contributed by atoms with Crippen LogP contribution >= 0.6 is 0 Å². The molecule has 1 fully saturated rings. The molecule has 2 rings (SSSR count). The van der Waals surface area contributed by atoms with Crippen LogP contribution in [-0.4, -0.2) is 30.0 Å². The number of aryl methyl sites for hydroxylation is 1. The van der Waals surface area contributed by atoms with Crippen molar-refractivity contribution >= 4 is 5.91 Å². The number of carbonyl (C=O) groups excluding carboxylic acids is 1. The molecule has 1 aliphatic heterocycles. The lowest BCUT2D eigenvalue weighted by Crippen LogP contribution is -2.54. The monoisotopic (exact) mass is 261 g/mol. The van der Waals surface area contributed by atoms with Crippen LogP contribution in [0.5, 0.6) is 0 Å². The van der Waals surface area contributed by atoms with Crippen LogP contribution in [0.2, 0.25) is 0 Å². The number of amides is 1. The summed E-state index contributed by atoms with van der Waals surface area (Å²) in [5, 5.41) is 0. The first-order valence-electron chi connectivity index (χ1n) is 7.14. The van der Waals surface area contributed by atoms with Crippen molar-refractivity contribution in [3.8, 4) is 0 Å². The Kier molecular flexibility index (Phi) is 4.97. The molecule has 1 heterocycles. The number of unbranched alkanes of at least 4 members (excludes halogenated alkanes) is 1. The fraction of sp³-hybridized carbons (Fsp3) is 0.562. The van der Waals surface area contributed by atoms with Gasteiger partial charge in [-0.25, -0.2) is 0 Å². The predicted molar refractivity (Wildman–Crippen MR) is 75.9 cm³/mol. The average molecular weight is 261 g/mol. The smallest absolute Gasteiger partial charge is 0.222 e. The summed E-state index contributed by atoms with van der Waals surface area (Å²) in [5.74, 6) is 0.275. The number of hydrogen-bond acceptors (Lipinski definition) is 2. The third kappa shape index (κ3) is 4.06. The summed E-state index contributed by atoms with van der Waals surface area (Å²) >= 11 is 0. The molecular formula is C16H23NO2. The summed E-state index contributed by atoms with van der Waals surface area (Å²) in [4.78, 5) is 13.6. The van der Waals surface area contributed by atoms with Gasteiger partial charge in [0, 0.05) is 19.5 Å². The molecule has 0 N–H and O–H groups in total. The summed E-state index contributed by atoms with van der Waals surface area (Å²) in [6.45, 7) is 6.35. The van der Waals surface area contributed by atoms with Crippen molar-refractivity contribution in [2.45, 2.75) is 45.8 Å². The molecule has 1 aromatic carbocycles. The zero-order chi connectivity index (χ0) is 13.7. The number of carbonyl (C=O) groups is 1. The summed E-state index contributed by atoms with van der Waals surface area (Å²) in [5.41, 5.74) is 2.46. The Balaban J connectivity index is 1.65. The minimum Gasteiger partial charge on any atom is -0.370 e. The van der Waals surface area contributed by atoms with Crippen LogP contribution in [0.4, 0.5) is 0 Å². The van der Waals surface area contributed by atoms with Crippen molar-refractivity contribution in [2.75, 3.05) is 13.1 Å². The van der Waals surface area contributed by atoms with Crippen molar-refractivity contribution in [3.05, 3.63) is 35.4 Å². The maximum atomic E-state index is 11.7. The standard InChI is InChI=1S/C16H23NO2/c1-3-4-5-16(18)17-10-15(11-17)19-12-14-8-6-13(2)7-9-14/h6-9,15H,3-5,10-12H2,1-2H3. The molecular weight excluding hydrogens is 238 g/mol. The second-order valence-corrected chi connectivity index (χ2v) is 5.32. The van der Waals surface area contributed by atoms with E-state index in [1.54, 1.807) is 0 Å². The Labute approximate surface area is 115 Å². The average Bonchev–Trinajstić information content (AvgIpc) is 2.36. The van der Waals surface area contributed by atoms with E-state index in [0.29, 0.717) is 13.0 Å². The van der Waals surface area contributed by atoms with Gasteiger partial charge in [0.05, 0.1) is 12.7 Å². The summed E-state index contributed by atoms with van der Waals surface area (Å²) < 4.78 is 5.79. The minimum atomic E-state index is 0.215. The van der Waals surface area contributed by atoms with Crippen LogP contribution in [0.3, 0.4) is 0 Å². The number of benzene rings is 1. The van der Waals surface area contributed by atoms with Crippen LogP contribution < -0.4 is 0 Å². The van der Waals surface area contributed by atoms with Crippen molar-refractivity contribution in [2.24, 2.45) is 0 Å². The SMILES string of the molecule is CCCCC(=O)N1CC(OCc2ccc(C)cc2)C1. The number of ether oxygens (including phenoxy) is 1. The molecule has 19 heavy (non-hydrogen) atoms. The van der Waals surface area contributed by atoms with Gasteiger partial charge in [0.15, 0.2) is 0 Å². The molecule has 1 saturated heterocycles. The molecule has 0 atom stereocenters. The minimum absolute atomic E-state index is 0.215. The van der Waals surface area contributed by atoms with E-state index >= 15 is 0 Å². The van der Waals surface area contributed by atoms with Crippen molar-refractivity contribution in [1.82, 2.24) is 4.90 Å². The van der Waals surface area contributed by atoms with E-state index in [9.17, 15) is 4.79 Å². The quantitative estimate of drug-likeness (QED) is 0.788. The van der Waals surface area contributed by atoms with Gasteiger partial charge in [-0.1, -0.05) is 43.2 Å². The zero-order valence-electron chi connectivity index (χ0n) is 11.9. The van der Waals surface area contributed by atoms with Crippen LogP contribution in [0.1, 0.15) is 37.3 Å². The Hall–Kier alpha value is -1.35. The Bertz CT molecular complexity index is 407. The highest BCUT2D eigenvalue weighted by molar-refractivity contribution is 5.77. The first-order chi connectivity index (χ1) is 9.19. The Morgan fingerprint density at radius 2 is 2.00 bits per heavy atom. The van der Waals surface area contributed by atoms with Gasteiger partial charge in [-0.2, -0.15) is 0 Å². The topological polar surface area (TPSA) is 29.5 Å². The summed E-state index contributed by atoms with van der Waals surface area (Å²) in [6.07, 6.45) is 2.96. The predicted octanol–water partition coefficient (Wildman–Crippen LogP) is 2.91. The van der Waals surface area contributed by atoms with E-state index < -0.39 is 0 Å². The zero-order valence-corrected chi connectivity index (χ0v) is 11.9. The van der Waals surface area contributed by atoms with Crippen LogP contribution in [-0.2, 0) is 16.1 Å². The van der Waals surface area contributed by atoms with E-state index in [4.69, 9.17) is 4.74 Å². The fourth-order valence-corrected chi connectivity index (χ4v) is 2.13. The van der Waals surface area contributed by atoms with Crippen LogP contribution in [0.15, 0.2) is 24.3 Å². The third-order valence-electron chi connectivity index (χ3n) is 3.55. The normalized spacial score (nSPS) is 15.4. The van der Waals surface area contributed by atoms with E-state index in [1.165, 1.54) is 11.1 Å². The highest BCUT2D eigenvalue weighted by Gasteiger charge is 2.30. The van der Waals surface area contributed by atoms with Gasteiger partial charge in [-0.05, 0) is 18.9 Å². The molecule has 3 nitrogen and oxygen atoms in total. The molecule has 0 saturated carbocycles. The molecule has 1 aromatic rings. The molecule has 1 aliphatic rings. The molecule has 0 aliphatic carbocycles. The lowest BCUT2D eigenvalue weighted by Gasteiger charge is -2.39. The van der Waals surface area contributed by atoms with Gasteiger partial charge in [-0.15, -0.1) is 0 Å². The van der Waals surface area contributed by atoms with Crippen molar-refractivity contribution in [1.29, 1.82) is 0 Å². The fourth-order valence-electron chi connectivity index (χ4n) is 2.13. The van der Waals surface area contributed by atoms with Crippen LogP contribution in [0, 0.1) is 6.92 Å². The largest absolute Gasteiger partial charge is 0.370 e. The Morgan fingerprint density at radius 1 is 1.32 bits per heavy atom. The van der Waals surface area contributed by atoms with Gasteiger partial charge in [0.25, 0.3) is 0 Å². The number of hydrogen-bond donors (Lipinski definition) is 0. The molecule has 104 valence electrons. The summed E-state index contributed by atoms with van der Waals surface area (Å²) in [7, 11) is 0. The lowest BCUT2D eigenvalue weighted by molar-refractivity contribution is -0.146. The van der Waals surface area contributed by atoms with Crippen LogP contribution in [0.25, 0.3) is 0 Å². The number of rotatable bonds is 6. The van der Waals surface area contributed by atoms with E-state index in [0.717, 1.165) is 25.9 Å². The second-order valence-electron chi connectivity index (χ2n) is 5.32. The van der Waals surface area contributed by atoms with E-state index in [1.807, 2.05) is 4.90 Å². The molecule has 3 heteroatoms. The molecule has 1 amide bonds. The van der Waals surface area contributed by atoms with E-state index in [-0.39, 0.29) is 12.0 Å². The lowest BCUT2D eigenvalue weighted by atomic mass is 10.1. The second kappa shape index (κ2) is 6.71.